The van der Waals surface area contributed by atoms with E-state index in [-0.39, 0.29) is 17.2 Å². The fourth-order valence-electron chi connectivity index (χ4n) is 2.54. The van der Waals surface area contributed by atoms with Crippen LogP contribution in [0.5, 0.6) is 0 Å². The van der Waals surface area contributed by atoms with E-state index in [1.54, 1.807) is 0 Å². The number of pyridine rings is 1. The van der Waals surface area contributed by atoms with Crippen LogP contribution in [0.3, 0.4) is 0 Å². The lowest BCUT2D eigenvalue weighted by Crippen LogP contribution is -2.38. The molecule has 1 aromatic heterocycles. The molecule has 1 aliphatic rings. The third-order valence-corrected chi connectivity index (χ3v) is 3.69. The van der Waals surface area contributed by atoms with Gasteiger partial charge in [0, 0.05) is 17.2 Å². The van der Waals surface area contributed by atoms with Crippen LogP contribution in [0.25, 0.3) is 11.3 Å². The molecule has 22 heavy (non-hydrogen) atoms. The van der Waals surface area contributed by atoms with Crippen molar-refractivity contribution in [1.82, 2.24) is 0 Å². The van der Waals surface area contributed by atoms with E-state index >= 15 is 0 Å². The Morgan fingerprint density at radius 1 is 1.36 bits per heavy atom. The molecule has 0 unspecified atom stereocenters. The number of carboxylic acids is 1. The maximum atomic E-state index is 13.1. The minimum Gasteiger partial charge on any atom is -0.618 e. The molecule has 0 radical (unpaired) electrons. The van der Waals surface area contributed by atoms with E-state index in [0.29, 0.717) is 15.9 Å². The summed E-state index contributed by atoms with van der Waals surface area (Å²) < 4.78 is 13.4. The largest absolute Gasteiger partial charge is 0.618 e. The van der Waals surface area contributed by atoms with Crippen molar-refractivity contribution in [1.29, 1.82) is 5.26 Å². The number of rotatable bonds is 3. The first-order valence-electron chi connectivity index (χ1n) is 6.72. The van der Waals surface area contributed by atoms with Crippen molar-refractivity contribution in [3.05, 3.63) is 58.2 Å². The molecule has 0 spiro atoms. The monoisotopic (exact) mass is 298 g/mol. The Bertz CT molecular complexity index is 806. The summed E-state index contributed by atoms with van der Waals surface area (Å²) in [5.41, 5.74) is 0.748. The van der Waals surface area contributed by atoms with Crippen LogP contribution in [0.1, 0.15) is 40.4 Å². The Labute approximate surface area is 125 Å². The Balaban J connectivity index is 2.34. The van der Waals surface area contributed by atoms with E-state index < -0.39 is 17.5 Å². The second-order valence-electron chi connectivity index (χ2n) is 5.20. The fourth-order valence-corrected chi connectivity index (χ4v) is 2.54. The zero-order valence-electron chi connectivity index (χ0n) is 11.4. The van der Waals surface area contributed by atoms with Crippen LogP contribution in [0.2, 0.25) is 0 Å². The van der Waals surface area contributed by atoms with E-state index in [9.17, 15) is 19.7 Å². The van der Waals surface area contributed by atoms with Crippen LogP contribution in [0.15, 0.2) is 30.3 Å². The topological polar surface area (TPSA) is 88.0 Å². The molecular formula is C16H11FN2O3. The summed E-state index contributed by atoms with van der Waals surface area (Å²) in [6.07, 6.45) is 1.69. The van der Waals surface area contributed by atoms with E-state index in [1.165, 1.54) is 24.3 Å². The fraction of sp³-hybridized carbons (Fsp3) is 0.188. The average Bonchev–Trinajstić information content (AvgIpc) is 3.32. The number of nitriles is 1. The SMILES string of the molecule is N#Cc1cc(C(=O)O)[n+]([O-])c(-c2ccc(F)cc2)c1C1CC1. The lowest BCUT2D eigenvalue weighted by Gasteiger charge is -2.13. The van der Waals surface area contributed by atoms with Crippen molar-refractivity contribution in [3.8, 4) is 17.3 Å². The van der Waals surface area contributed by atoms with Gasteiger partial charge in [0.1, 0.15) is 5.82 Å². The Kier molecular flexibility index (Phi) is 3.26. The molecule has 0 bridgehead atoms. The van der Waals surface area contributed by atoms with Gasteiger partial charge in [0.25, 0.3) is 0 Å². The molecule has 0 saturated heterocycles. The molecule has 2 aromatic rings. The van der Waals surface area contributed by atoms with Gasteiger partial charge in [-0.05, 0) is 43.0 Å². The maximum Gasteiger partial charge on any atom is 0.402 e. The highest BCUT2D eigenvalue weighted by atomic mass is 19.1. The third kappa shape index (κ3) is 2.27. The summed E-state index contributed by atoms with van der Waals surface area (Å²) in [5, 5.41) is 30.9. The van der Waals surface area contributed by atoms with Crippen LogP contribution in [-0.4, -0.2) is 11.1 Å². The first-order valence-corrected chi connectivity index (χ1v) is 6.72. The molecule has 110 valence electrons. The van der Waals surface area contributed by atoms with Crippen molar-refractivity contribution >= 4 is 5.97 Å². The van der Waals surface area contributed by atoms with Gasteiger partial charge in [-0.15, -0.1) is 0 Å². The van der Waals surface area contributed by atoms with Gasteiger partial charge in [0.2, 0.25) is 5.69 Å². The number of hydrogen-bond acceptors (Lipinski definition) is 3. The molecule has 1 aliphatic carbocycles. The Hall–Kier alpha value is -2.94. The number of benzene rings is 1. The van der Waals surface area contributed by atoms with Gasteiger partial charge in [-0.25, -0.2) is 9.18 Å². The molecule has 1 heterocycles. The summed E-state index contributed by atoms with van der Waals surface area (Å²) in [7, 11) is 0. The molecule has 0 aliphatic heterocycles. The molecule has 1 aromatic carbocycles. The predicted molar refractivity (Wildman–Crippen MR) is 74.4 cm³/mol. The predicted octanol–water partition coefficient (Wildman–Crippen LogP) is 2.57. The number of carboxylic acid groups (broad SMARTS) is 1. The highest BCUT2D eigenvalue weighted by Crippen LogP contribution is 2.45. The van der Waals surface area contributed by atoms with Gasteiger partial charge in [-0.1, -0.05) is 0 Å². The first-order chi connectivity index (χ1) is 10.5. The van der Waals surface area contributed by atoms with E-state index in [2.05, 4.69) is 0 Å². The maximum absolute atomic E-state index is 13.1. The quantitative estimate of drug-likeness (QED) is 0.696. The number of nitrogens with zero attached hydrogens (tertiary/aromatic N) is 2. The normalized spacial score (nSPS) is 13.6. The van der Waals surface area contributed by atoms with Gasteiger partial charge in [-0.3, -0.25) is 0 Å². The summed E-state index contributed by atoms with van der Waals surface area (Å²) in [6, 6.07) is 8.31. The molecule has 1 fully saturated rings. The van der Waals surface area contributed by atoms with Gasteiger partial charge in [-0.2, -0.15) is 9.99 Å². The minimum absolute atomic E-state index is 0.0674. The molecule has 1 saturated carbocycles. The van der Waals surface area contributed by atoms with Gasteiger partial charge >= 0.3 is 11.7 Å². The zero-order chi connectivity index (χ0) is 15.9. The average molecular weight is 298 g/mol. The van der Waals surface area contributed by atoms with Crippen molar-refractivity contribution in [3.63, 3.8) is 0 Å². The van der Waals surface area contributed by atoms with Crippen molar-refractivity contribution in [2.75, 3.05) is 0 Å². The summed E-state index contributed by atoms with van der Waals surface area (Å²) in [5.74, 6) is -1.79. The van der Waals surface area contributed by atoms with Crippen LogP contribution in [0, 0.1) is 22.4 Å². The molecule has 5 nitrogen and oxygen atoms in total. The van der Waals surface area contributed by atoms with Crippen molar-refractivity contribution < 1.29 is 19.0 Å². The standard InChI is InChI=1S/C16H11FN2O3/c17-12-5-3-10(4-6-12)15-14(9-1-2-9)11(8-18)7-13(16(20)21)19(15)22/h3-7,9H,1-2H2,(H,20,21). The highest BCUT2D eigenvalue weighted by Gasteiger charge is 2.36. The lowest BCUT2D eigenvalue weighted by atomic mass is 9.96. The number of halogens is 1. The minimum atomic E-state index is -1.41. The summed E-state index contributed by atoms with van der Waals surface area (Å²) in [4.78, 5) is 11.2. The number of hydrogen-bond donors (Lipinski definition) is 1. The van der Waals surface area contributed by atoms with Crippen LogP contribution >= 0.6 is 0 Å². The van der Waals surface area contributed by atoms with E-state index in [4.69, 9.17) is 5.11 Å². The number of aromatic nitrogens is 1. The third-order valence-electron chi connectivity index (χ3n) is 3.69. The summed E-state index contributed by atoms with van der Waals surface area (Å²) >= 11 is 0. The van der Waals surface area contributed by atoms with Crippen LogP contribution in [-0.2, 0) is 0 Å². The lowest BCUT2D eigenvalue weighted by molar-refractivity contribution is -0.597. The van der Waals surface area contributed by atoms with E-state index in [1.807, 2.05) is 6.07 Å². The van der Waals surface area contributed by atoms with Crippen molar-refractivity contribution in [2.45, 2.75) is 18.8 Å². The van der Waals surface area contributed by atoms with Gasteiger partial charge < -0.3 is 10.3 Å². The highest BCUT2D eigenvalue weighted by molar-refractivity contribution is 5.85. The van der Waals surface area contributed by atoms with Crippen molar-refractivity contribution in [2.24, 2.45) is 0 Å². The first kappa shape index (κ1) is 14.0. The second-order valence-corrected chi connectivity index (χ2v) is 5.20. The van der Waals surface area contributed by atoms with Crippen LogP contribution < -0.4 is 4.73 Å². The van der Waals surface area contributed by atoms with Crippen LogP contribution in [0.4, 0.5) is 4.39 Å². The zero-order valence-corrected chi connectivity index (χ0v) is 11.4. The molecule has 1 N–H and O–H groups in total. The van der Waals surface area contributed by atoms with E-state index in [0.717, 1.165) is 18.9 Å². The van der Waals surface area contributed by atoms with Gasteiger partial charge in [0.15, 0.2) is 0 Å². The Morgan fingerprint density at radius 3 is 2.50 bits per heavy atom. The second kappa shape index (κ2) is 5.11. The molecular weight excluding hydrogens is 287 g/mol. The molecule has 0 atom stereocenters. The molecule has 3 rings (SSSR count). The number of aromatic carboxylic acids is 1. The number of carbonyl (C=O) groups is 1. The Morgan fingerprint density at radius 2 is 2.00 bits per heavy atom. The smallest absolute Gasteiger partial charge is 0.402 e. The molecule has 6 heteroatoms. The molecule has 0 amide bonds. The van der Waals surface area contributed by atoms with Gasteiger partial charge in [0.05, 0.1) is 11.6 Å². The summed E-state index contributed by atoms with van der Waals surface area (Å²) in [6.45, 7) is 0.